The Morgan fingerprint density at radius 1 is 1.42 bits per heavy atom. The monoisotopic (exact) mass is 165 g/mol. The molecule has 0 fully saturated rings. The summed E-state index contributed by atoms with van der Waals surface area (Å²) in [5.74, 6) is 0. The van der Waals surface area contributed by atoms with Crippen LogP contribution in [0.1, 0.15) is 34.6 Å². The van der Waals surface area contributed by atoms with E-state index in [4.69, 9.17) is 8.48 Å². The van der Waals surface area contributed by atoms with Crippen molar-refractivity contribution in [1.29, 1.82) is 0 Å². The summed E-state index contributed by atoms with van der Waals surface area (Å²) in [7, 11) is 0. The Balaban J connectivity index is 3.15. The van der Waals surface area contributed by atoms with Crippen LogP contribution in [-0.2, 0) is 11.9 Å². The maximum absolute atomic E-state index is 7.42. The first-order valence-corrected chi connectivity index (χ1v) is 4.11. The SMILES string of the molecule is [2H]C([2H])(N)c1cccc(C(C)(C)C)c1. The van der Waals surface area contributed by atoms with Gasteiger partial charge in [0.25, 0.3) is 0 Å². The van der Waals surface area contributed by atoms with Gasteiger partial charge in [-0.05, 0) is 16.5 Å². The molecule has 0 saturated carbocycles. The van der Waals surface area contributed by atoms with Gasteiger partial charge < -0.3 is 5.73 Å². The van der Waals surface area contributed by atoms with Gasteiger partial charge in [0, 0.05) is 9.24 Å². The Labute approximate surface area is 77.4 Å². The van der Waals surface area contributed by atoms with Crippen LogP contribution in [-0.4, -0.2) is 0 Å². The van der Waals surface area contributed by atoms with Gasteiger partial charge in [-0.3, -0.25) is 0 Å². The lowest BCUT2D eigenvalue weighted by molar-refractivity contribution is 0.589. The predicted molar refractivity (Wildman–Crippen MR) is 53.0 cm³/mol. The van der Waals surface area contributed by atoms with E-state index >= 15 is 0 Å². The van der Waals surface area contributed by atoms with Gasteiger partial charge in [-0.1, -0.05) is 45.0 Å². The number of benzene rings is 1. The summed E-state index contributed by atoms with van der Waals surface area (Å²) in [6, 6.07) is 7.39. The van der Waals surface area contributed by atoms with Crippen LogP contribution in [0.15, 0.2) is 24.3 Å². The van der Waals surface area contributed by atoms with E-state index < -0.39 is 6.50 Å². The van der Waals surface area contributed by atoms with Gasteiger partial charge in [-0.15, -0.1) is 0 Å². The molecule has 0 bridgehead atoms. The standard InChI is InChI=1S/C11H17N/c1-11(2,3)10-6-4-5-9(7-10)8-12/h4-7H,8,12H2,1-3H3/i8D2. The predicted octanol–water partition coefficient (Wildman–Crippen LogP) is 2.44. The summed E-state index contributed by atoms with van der Waals surface area (Å²) >= 11 is 0. The Morgan fingerprint density at radius 3 is 2.58 bits per heavy atom. The lowest BCUT2D eigenvalue weighted by Gasteiger charge is -2.19. The van der Waals surface area contributed by atoms with Crippen molar-refractivity contribution in [3.05, 3.63) is 35.4 Å². The highest BCUT2D eigenvalue weighted by molar-refractivity contribution is 5.28. The van der Waals surface area contributed by atoms with Crippen molar-refractivity contribution in [3.8, 4) is 0 Å². The Morgan fingerprint density at radius 2 is 2.08 bits per heavy atom. The zero-order chi connectivity index (χ0) is 11.0. The topological polar surface area (TPSA) is 26.0 Å². The molecule has 0 radical (unpaired) electrons. The smallest absolute Gasteiger partial charge is 0.0477 e. The minimum Gasteiger partial charge on any atom is -0.326 e. The van der Waals surface area contributed by atoms with Crippen molar-refractivity contribution in [2.24, 2.45) is 5.73 Å². The van der Waals surface area contributed by atoms with Crippen LogP contribution < -0.4 is 5.73 Å². The van der Waals surface area contributed by atoms with E-state index in [1.165, 1.54) is 0 Å². The first-order chi connectivity index (χ1) is 6.21. The van der Waals surface area contributed by atoms with Crippen LogP contribution >= 0.6 is 0 Å². The molecule has 2 N–H and O–H groups in total. The zero-order valence-corrected chi connectivity index (χ0v) is 7.89. The summed E-state index contributed by atoms with van der Waals surface area (Å²) in [5.41, 5.74) is 7.06. The van der Waals surface area contributed by atoms with E-state index in [0.29, 0.717) is 5.56 Å². The average molecular weight is 165 g/mol. The molecule has 66 valence electrons. The molecule has 0 aliphatic rings. The molecule has 0 spiro atoms. The molecule has 1 aromatic rings. The summed E-state index contributed by atoms with van der Waals surface area (Å²) in [6.07, 6.45) is 0. The molecular weight excluding hydrogens is 146 g/mol. The molecule has 0 atom stereocenters. The second-order valence-electron chi connectivity index (χ2n) is 3.98. The molecule has 0 heterocycles. The molecular formula is C11H17N. The average Bonchev–Trinajstić information content (AvgIpc) is 2.01. The van der Waals surface area contributed by atoms with Crippen molar-refractivity contribution in [1.82, 2.24) is 0 Å². The molecule has 0 saturated heterocycles. The third kappa shape index (κ3) is 2.08. The second kappa shape index (κ2) is 3.28. The van der Waals surface area contributed by atoms with E-state index in [9.17, 15) is 0 Å². The van der Waals surface area contributed by atoms with Crippen molar-refractivity contribution in [3.63, 3.8) is 0 Å². The molecule has 0 aliphatic heterocycles. The summed E-state index contributed by atoms with van der Waals surface area (Å²) in [4.78, 5) is 0. The van der Waals surface area contributed by atoms with Crippen molar-refractivity contribution in [2.75, 3.05) is 0 Å². The summed E-state index contributed by atoms with van der Waals surface area (Å²) in [6.45, 7) is 4.54. The first-order valence-electron chi connectivity index (χ1n) is 5.11. The highest BCUT2D eigenvalue weighted by Gasteiger charge is 2.12. The molecule has 0 aliphatic carbocycles. The zero-order valence-electron chi connectivity index (χ0n) is 9.89. The normalized spacial score (nSPS) is 15.3. The lowest BCUT2D eigenvalue weighted by atomic mass is 9.86. The van der Waals surface area contributed by atoms with Crippen molar-refractivity contribution in [2.45, 2.75) is 32.7 Å². The first kappa shape index (κ1) is 6.67. The Kier molecular flexibility index (Phi) is 1.82. The molecule has 1 nitrogen and oxygen atoms in total. The van der Waals surface area contributed by atoms with E-state index in [2.05, 4.69) is 20.8 Å². The Bertz CT molecular complexity index is 292. The van der Waals surface area contributed by atoms with Gasteiger partial charge in [0.15, 0.2) is 0 Å². The van der Waals surface area contributed by atoms with E-state index in [-0.39, 0.29) is 5.41 Å². The van der Waals surface area contributed by atoms with E-state index in [1.807, 2.05) is 18.2 Å². The fourth-order valence-corrected chi connectivity index (χ4v) is 1.08. The minimum absolute atomic E-state index is 0.0290. The quantitative estimate of drug-likeness (QED) is 0.679. The summed E-state index contributed by atoms with van der Waals surface area (Å²) in [5, 5.41) is 0. The van der Waals surface area contributed by atoms with Crippen LogP contribution in [0.25, 0.3) is 0 Å². The number of hydrogen-bond acceptors (Lipinski definition) is 1. The van der Waals surface area contributed by atoms with Crippen molar-refractivity contribution >= 4 is 0 Å². The molecule has 0 aromatic heterocycles. The highest BCUT2D eigenvalue weighted by atomic mass is 14.5. The van der Waals surface area contributed by atoms with Gasteiger partial charge in [-0.25, -0.2) is 0 Å². The second-order valence-corrected chi connectivity index (χ2v) is 3.98. The van der Waals surface area contributed by atoms with Gasteiger partial charge in [0.05, 0.1) is 0 Å². The largest absolute Gasteiger partial charge is 0.326 e. The van der Waals surface area contributed by atoms with Gasteiger partial charge in [0.1, 0.15) is 0 Å². The maximum Gasteiger partial charge on any atom is 0.0477 e. The number of hydrogen-bond donors (Lipinski definition) is 1. The summed E-state index contributed by atoms with van der Waals surface area (Å²) < 4.78 is 14.8. The fourth-order valence-electron chi connectivity index (χ4n) is 1.08. The van der Waals surface area contributed by atoms with Crippen LogP contribution in [0.3, 0.4) is 0 Å². The van der Waals surface area contributed by atoms with Gasteiger partial charge in [0.2, 0.25) is 0 Å². The molecule has 1 rings (SSSR count). The maximum atomic E-state index is 7.42. The van der Waals surface area contributed by atoms with Crippen LogP contribution in [0.5, 0.6) is 0 Å². The van der Waals surface area contributed by atoms with E-state index in [1.54, 1.807) is 6.07 Å². The third-order valence-electron chi connectivity index (χ3n) is 1.90. The number of nitrogens with two attached hydrogens (primary N) is 1. The fraction of sp³-hybridized carbons (Fsp3) is 0.455. The third-order valence-corrected chi connectivity index (χ3v) is 1.90. The molecule has 1 aromatic carbocycles. The van der Waals surface area contributed by atoms with E-state index in [0.717, 1.165) is 5.56 Å². The molecule has 0 amide bonds. The van der Waals surface area contributed by atoms with Gasteiger partial charge >= 0.3 is 0 Å². The van der Waals surface area contributed by atoms with Crippen LogP contribution in [0.2, 0.25) is 0 Å². The number of rotatable bonds is 1. The van der Waals surface area contributed by atoms with Crippen LogP contribution in [0.4, 0.5) is 0 Å². The highest BCUT2D eigenvalue weighted by Crippen LogP contribution is 2.22. The Hall–Kier alpha value is -0.820. The molecule has 12 heavy (non-hydrogen) atoms. The lowest BCUT2D eigenvalue weighted by Crippen LogP contribution is -2.11. The van der Waals surface area contributed by atoms with Crippen molar-refractivity contribution < 1.29 is 2.74 Å². The van der Waals surface area contributed by atoms with Gasteiger partial charge in [-0.2, -0.15) is 0 Å². The minimum atomic E-state index is -1.75. The van der Waals surface area contributed by atoms with Crippen LogP contribution in [0, 0.1) is 0 Å². The molecule has 1 heteroatoms. The molecule has 0 unspecified atom stereocenters.